The van der Waals surface area contributed by atoms with E-state index in [0.29, 0.717) is 12.3 Å². The van der Waals surface area contributed by atoms with E-state index in [1.807, 2.05) is 13.0 Å². The van der Waals surface area contributed by atoms with Crippen LogP contribution in [-0.4, -0.2) is 35.4 Å². The molecule has 0 fully saturated rings. The summed E-state index contributed by atoms with van der Waals surface area (Å²) in [7, 11) is 3.43. The largest absolute Gasteiger partial charge is 0.383 e. The lowest BCUT2D eigenvalue weighted by molar-refractivity contribution is 0.0885. The van der Waals surface area contributed by atoms with Crippen LogP contribution < -0.4 is 5.32 Å². The van der Waals surface area contributed by atoms with Crippen LogP contribution in [0.25, 0.3) is 0 Å². The van der Waals surface area contributed by atoms with Crippen LogP contribution in [0.15, 0.2) is 6.07 Å². The minimum atomic E-state index is -0.0868. The molecule has 1 aromatic rings. The number of aromatic nitrogens is 2. The number of hydrogen-bond donors (Lipinski definition) is 1. The fraction of sp³-hybridized carbons (Fsp3) is 0.692. The summed E-state index contributed by atoms with van der Waals surface area (Å²) in [4.78, 5) is 12.1. The van der Waals surface area contributed by atoms with Gasteiger partial charge in [0.2, 0.25) is 0 Å². The van der Waals surface area contributed by atoms with E-state index in [1.165, 1.54) is 0 Å². The molecule has 5 heteroatoms. The molecule has 0 saturated heterocycles. The summed E-state index contributed by atoms with van der Waals surface area (Å²) in [5.74, 6) is -0.0868. The van der Waals surface area contributed by atoms with E-state index in [-0.39, 0.29) is 11.9 Å². The van der Waals surface area contributed by atoms with Crippen molar-refractivity contribution in [2.24, 2.45) is 7.05 Å². The van der Waals surface area contributed by atoms with Crippen molar-refractivity contribution in [1.82, 2.24) is 15.1 Å². The monoisotopic (exact) mass is 253 g/mol. The maximum atomic E-state index is 12.1. The van der Waals surface area contributed by atoms with Gasteiger partial charge in [-0.1, -0.05) is 20.3 Å². The van der Waals surface area contributed by atoms with Crippen LogP contribution in [0.4, 0.5) is 0 Å². The Bertz CT molecular complexity index is 388. The molecular formula is C13H23N3O2. The second-order valence-corrected chi connectivity index (χ2v) is 4.43. The highest BCUT2D eigenvalue weighted by molar-refractivity contribution is 5.92. The number of methoxy groups -OCH3 is 1. The summed E-state index contributed by atoms with van der Waals surface area (Å²) < 4.78 is 6.71. The van der Waals surface area contributed by atoms with Crippen molar-refractivity contribution < 1.29 is 9.53 Å². The zero-order valence-electron chi connectivity index (χ0n) is 11.7. The van der Waals surface area contributed by atoms with Crippen molar-refractivity contribution in [3.8, 4) is 0 Å². The highest BCUT2D eigenvalue weighted by atomic mass is 16.5. The third kappa shape index (κ3) is 3.84. The number of aryl methyl sites for hydroxylation is 2. The maximum absolute atomic E-state index is 12.1. The summed E-state index contributed by atoms with van der Waals surface area (Å²) in [6.45, 7) is 4.65. The van der Waals surface area contributed by atoms with Gasteiger partial charge in [0.05, 0.1) is 18.3 Å². The Morgan fingerprint density at radius 3 is 2.83 bits per heavy atom. The van der Waals surface area contributed by atoms with Gasteiger partial charge in [0.1, 0.15) is 5.69 Å². The summed E-state index contributed by atoms with van der Waals surface area (Å²) >= 11 is 0. The van der Waals surface area contributed by atoms with Crippen molar-refractivity contribution in [3.05, 3.63) is 17.5 Å². The number of ether oxygens (including phenoxy) is 1. The van der Waals surface area contributed by atoms with Crippen molar-refractivity contribution in [2.75, 3.05) is 13.7 Å². The van der Waals surface area contributed by atoms with Crippen LogP contribution in [0.5, 0.6) is 0 Å². The normalized spacial score (nSPS) is 12.4. The van der Waals surface area contributed by atoms with Gasteiger partial charge >= 0.3 is 0 Å². The summed E-state index contributed by atoms with van der Waals surface area (Å²) in [6.07, 6.45) is 2.77. The van der Waals surface area contributed by atoms with Crippen molar-refractivity contribution >= 4 is 5.91 Å². The number of rotatable bonds is 7. The molecule has 5 nitrogen and oxygen atoms in total. The third-order valence-electron chi connectivity index (χ3n) is 2.87. The first kappa shape index (κ1) is 14.7. The second-order valence-electron chi connectivity index (χ2n) is 4.43. The quantitative estimate of drug-likeness (QED) is 0.801. The van der Waals surface area contributed by atoms with Gasteiger partial charge in [0.25, 0.3) is 5.91 Å². The first-order chi connectivity index (χ1) is 8.62. The molecule has 1 heterocycles. The molecule has 0 saturated carbocycles. The molecule has 1 rings (SSSR count). The van der Waals surface area contributed by atoms with Crippen molar-refractivity contribution in [2.45, 2.75) is 39.2 Å². The van der Waals surface area contributed by atoms with Gasteiger partial charge in [-0.15, -0.1) is 0 Å². The molecule has 0 aliphatic rings. The van der Waals surface area contributed by atoms with Crippen molar-refractivity contribution in [3.63, 3.8) is 0 Å². The molecule has 1 aromatic heterocycles. The van der Waals surface area contributed by atoms with Gasteiger partial charge in [-0.2, -0.15) is 5.10 Å². The first-order valence-electron chi connectivity index (χ1n) is 6.45. The number of amides is 1. The fourth-order valence-electron chi connectivity index (χ4n) is 1.84. The molecule has 18 heavy (non-hydrogen) atoms. The van der Waals surface area contributed by atoms with Gasteiger partial charge in [-0.3, -0.25) is 9.48 Å². The molecule has 1 unspecified atom stereocenters. The second kappa shape index (κ2) is 7.16. The van der Waals surface area contributed by atoms with Crippen LogP contribution in [0.1, 0.15) is 42.9 Å². The van der Waals surface area contributed by atoms with Crippen LogP contribution >= 0.6 is 0 Å². The van der Waals surface area contributed by atoms with Gasteiger partial charge in [-0.25, -0.2) is 0 Å². The van der Waals surface area contributed by atoms with Crippen LogP contribution in [0, 0.1) is 0 Å². The Hall–Kier alpha value is -1.36. The molecule has 1 N–H and O–H groups in total. The Balaban J connectivity index is 2.70. The van der Waals surface area contributed by atoms with Gasteiger partial charge < -0.3 is 10.1 Å². The summed E-state index contributed by atoms with van der Waals surface area (Å²) in [5.41, 5.74) is 1.57. The summed E-state index contributed by atoms with van der Waals surface area (Å²) in [5, 5.41) is 7.28. The molecular weight excluding hydrogens is 230 g/mol. The molecule has 0 bridgehead atoms. The van der Waals surface area contributed by atoms with Crippen LogP contribution in [-0.2, 0) is 18.2 Å². The average Bonchev–Trinajstić information content (AvgIpc) is 2.70. The molecule has 102 valence electrons. The Morgan fingerprint density at radius 1 is 1.56 bits per heavy atom. The maximum Gasteiger partial charge on any atom is 0.269 e. The highest BCUT2D eigenvalue weighted by Crippen LogP contribution is 2.06. The Kier molecular flexibility index (Phi) is 5.85. The zero-order valence-corrected chi connectivity index (χ0v) is 11.7. The highest BCUT2D eigenvalue weighted by Gasteiger charge is 2.16. The lowest BCUT2D eigenvalue weighted by Gasteiger charge is -2.15. The molecule has 0 radical (unpaired) electrons. The van der Waals surface area contributed by atoms with E-state index in [4.69, 9.17) is 4.74 Å². The van der Waals surface area contributed by atoms with E-state index in [0.717, 1.165) is 25.0 Å². The molecule has 1 amide bonds. The summed E-state index contributed by atoms with van der Waals surface area (Å²) in [6, 6.07) is 1.91. The van der Waals surface area contributed by atoms with E-state index in [9.17, 15) is 4.79 Å². The first-order valence-corrected chi connectivity index (χ1v) is 6.45. The van der Waals surface area contributed by atoms with E-state index in [2.05, 4.69) is 17.3 Å². The van der Waals surface area contributed by atoms with Crippen molar-refractivity contribution in [1.29, 1.82) is 0 Å². The predicted molar refractivity (Wildman–Crippen MR) is 70.6 cm³/mol. The van der Waals surface area contributed by atoms with E-state index < -0.39 is 0 Å². The number of carbonyl (C=O) groups is 1. The molecule has 0 spiro atoms. The lowest BCUT2D eigenvalue weighted by atomic mass is 10.2. The zero-order chi connectivity index (χ0) is 13.5. The SMILES string of the molecule is CCCc1cc(C(=O)NC(CC)COC)n(C)n1. The van der Waals surface area contributed by atoms with E-state index in [1.54, 1.807) is 18.8 Å². The minimum absolute atomic E-state index is 0.0482. The van der Waals surface area contributed by atoms with Gasteiger partial charge in [0.15, 0.2) is 0 Å². The third-order valence-corrected chi connectivity index (χ3v) is 2.87. The number of nitrogens with one attached hydrogen (secondary N) is 1. The van der Waals surface area contributed by atoms with Gasteiger partial charge in [0, 0.05) is 14.2 Å². The molecule has 1 atom stereocenters. The minimum Gasteiger partial charge on any atom is -0.383 e. The van der Waals surface area contributed by atoms with Gasteiger partial charge in [-0.05, 0) is 18.9 Å². The molecule has 0 aliphatic carbocycles. The smallest absolute Gasteiger partial charge is 0.269 e. The average molecular weight is 253 g/mol. The standard InChI is InChI=1S/C13H23N3O2/c1-5-7-11-8-12(16(3)15-11)13(17)14-10(6-2)9-18-4/h8,10H,5-7,9H2,1-4H3,(H,14,17). The van der Waals surface area contributed by atoms with Crippen LogP contribution in [0.3, 0.4) is 0 Å². The lowest BCUT2D eigenvalue weighted by Crippen LogP contribution is -2.38. The number of nitrogens with zero attached hydrogens (tertiary/aromatic N) is 2. The number of carbonyl (C=O) groups excluding carboxylic acids is 1. The Labute approximate surface area is 109 Å². The van der Waals surface area contributed by atoms with Crippen LogP contribution in [0.2, 0.25) is 0 Å². The van der Waals surface area contributed by atoms with E-state index >= 15 is 0 Å². The topological polar surface area (TPSA) is 56.1 Å². The fourth-order valence-corrected chi connectivity index (χ4v) is 1.84. The predicted octanol–water partition coefficient (Wildman–Crippen LogP) is 1.53. The number of hydrogen-bond acceptors (Lipinski definition) is 3. The molecule has 0 aromatic carbocycles. The molecule has 0 aliphatic heterocycles. The Morgan fingerprint density at radius 2 is 2.28 bits per heavy atom.